The second-order valence-corrected chi connectivity index (χ2v) is 10.0. The van der Waals surface area contributed by atoms with E-state index in [1.165, 1.54) is 20.3 Å². The van der Waals surface area contributed by atoms with Crippen molar-refractivity contribution in [1.82, 2.24) is 5.32 Å². The van der Waals surface area contributed by atoms with Gasteiger partial charge in [0.05, 0.1) is 25.8 Å². The number of hydrogen-bond acceptors (Lipinski definition) is 7. The van der Waals surface area contributed by atoms with Gasteiger partial charge in [0.25, 0.3) is 0 Å². The first-order valence-corrected chi connectivity index (χ1v) is 12.2. The molecule has 2 unspecified atom stereocenters. The fourth-order valence-electron chi connectivity index (χ4n) is 3.97. The van der Waals surface area contributed by atoms with Crippen LogP contribution in [-0.4, -0.2) is 43.7 Å². The number of halogens is 2. The fourth-order valence-corrected chi connectivity index (χ4v) is 4.19. The van der Waals surface area contributed by atoms with Crippen molar-refractivity contribution in [2.24, 2.45) is 0 Å². The van der Waals surface area contributed by atoms with Crippen molar-refractivity contribution in [3.63, 3.8) is 0 Å². The van der Waals surface area contributed by atoms with Crippen molar-refractivity contribution in [2.75, 3.05) is 19.5 Å². The van der Waals surface area contributed by atoms with E-state index in [0.29, 0.717) is 11.3 Å². The first-order chi connectivity index (χ1) is 17.9. The van der Waals surface area contributed by atoms with E-state index in [2.05, 4.69) is 10.6 Å². The lowest BCUT2D eigenvalue weighted by molar-refractivity contribution is -0.136. The number of hydrogen-bond donors (Lipinski definition) is 2. The molecule has 0 fully saturated rings. The number of rotatable bonds is 8. The molecule has 0 saturated heterocycles. The molecule has 38 heavy (non-hydrogen) atoms. The summed E-state index contributed by atoms with van der Waals surface area (Å²) in [6.07, 6.45) is 4.46. The number of dihydropyridines is 1. The third-order valence-electron chi connectivity index (χ3n) is 5.58. The van der Waals surface area contributed by atoms with Crippen LogP contribution in [0.3, 0.4) is 0 Å². The molecular formula is C28H30ClFN2O6. The smallest absolute Gasteiger partial charge is 0.412 e. The minimum Gasteiger partial charge on any atom is -0.497 e. The predicted octanol–water partition coefficient (Wildman–Crippen LogP) is 5.78. The molecule has 0 spiro atoms. The van der Waals surface area contributed by atoms with E-state index in [0.717, 1.165) is 12.1 Å². The van der Waals surface area contributed by atoms with E-state index >= 15 is 0 Å². The third-order valence-corrected chi connectivity index (χ3v) is 5.80. The minimum absolute atomic E-state index is 0.0579. The fraction of sp³-hybridized carbons (Fsp3) is 0.321. The molecule has 1 heterocycles. The van der Waals surface area contributed by atoms with Crippen molar-refractivity contribution in [3.8, 4) is 5.75 Å². The zero-order valence-electron chi connectivity index (χ0n) is 21.8. The zero-order valence-corrected chi connectivity index (χ0v) is 22.5. The van der Waals surface area contributed by atoms with Crippen LogP contribution in [0.4, 0.5) is 14.9 Å². The summed E-state index contributed by atoms with van der Waals surface area (Å²) in [5.74, 6) is -2.12. The Labute approximate surface area is 225 Å². The molecule has 0 aliphatic carbocycles. The summed E-state index contributed by atoms with van der Waals surface area (Å²) in [4.78, 5) is 38.6. The molecule has 0 bridgehead atoms. The Kier molecular flexibility index (Phi) is 9.17. The Morgan fingerprint density at radius 3 is 2.50 bits per heavy atom. The van der Waals surface area contributed by atoms with Gasteiger partial charge in [-0.05, 0) is 63.1 Å². The molecule has 0 radical (unpaired) electrons. The monoisotopic (exact) mass is 544 g/mol. The number of anilines is 1. The van der Waals surface area contributed by atoms with Gasteiger partial charge in [0.15, 0.2) is 5.78 Å². The molecule has 8 nitrogen and oxygen atoms in total. The number of allylic oxidation sites excluding steroid dienone is 2. The van der Waals surface area contributed by atoms with Crippen molar-refractivity contribution in [3.05, 3.63) is 82.3 Å². The average molecular weight is 545 g/mol. The summed E-state index contributed by atoms with van der Waals surface area (Å²) in [5, 5.41) is 5.84. The summed E-state index contributed by atoms with van der Waals surface area (Å²) in [7, 11) is 2.74. The maximum absolute atomic E-state index is 14.2. The van der Waals surface area contributed by atoms with Gasteiger partial charge in [-0.2, -0.15) is 0 Å². The molecule has 1 aliphatic heterocycles. The third kappa shape index (κ3) is 7.58. The van der Waals surface area contributed by atoms with Crippen molar-refractivity contribution < 1.29 is 33.0 Å². The van der Waals surface area contributed by atoms with Crippen LogP contribution >= 0.6 is 11.6 Å². The highest BCUT2D eigenvalue weighted by Gasteiger charge is 2.30. The standard InChI is InChI=1S/C28H30ClFN2O6/c1-28(2,3)38-27(35)32-24-15-20(36-4)9-10-21(24)22(25(33)16-11-17(29)13-18(30)12-16)14-19-7-6-8-23(31-19)26(34)37-5/h6-13,15,19,22,31H,14H2,1-5H3,(H,32,35). The number of ether oxygens (including phenoxy) is 3. The van der Waals surface area contributed by atoms with E-state index in [-0.39, 0.29) is 28.4 Å². The lowest BCUT2D eigenvalue weighted by Crippen LogP contribution is -2.35. The molecule has 0 saturated carbocycles. The Morgan fingerprint density at radius 2 is 1.87 bits per heavy atom. The predicted molar refractivity (Wildman–Crippen MR) is 142 cm³/mol. The first-order valence-electron chi connectivity index (χ1n) is 11.8. The topological polar surface area (TPSA) is 103 Å². The molecule has 1 amide bonds. The number of carbonyl (C=O) groups excluding carboxylic acids is 3. The quantitative estimate of drug-likeness (QED) is 0.321. The van der Waals surface area contributed by atoms with E-state index in [1.807, 2.05) is 0 Å². The number of esters is 1. The van der Waals surface area contributed by atoms with Crippen LogP contribution in [0.15, 0.2) is 60.3 Å². The highest BCUT2D eigenvalue weighted by atomic mass is 35.5. The molecule has 2 aromatic rings. The SMILES string of the molecule is COC(=O)C1=CC=CC(CC(C(=O)c2cc(F)cc(Cl)c2)c2ccc(OC)cc2NC(=O)OC(C)(C)C)N1. The summed E-state index contributed by atoms with van der Waals surface area (Å²) >= 11 is 6.04. The van der Waals surface area contributed by atoms with Gasteiger partial charge in [0.1, 0.15) is 22.9 Å². The number of amides is 1. The van der Waals surface area contributed by atoms with Crippen LogP contribution in [0.5, 0.6) is 5.75 Å². The molecule has 202 valence electrons. The number of carbonyl (C=O) groups is 3. The molecule has 2 atom stereocenters. The Hall–Kier alpha value is -3.85. The van der Waals surface area contributed by atoms with Crippen LogP contribution in [0, 0.1) is 5.82 Å². The second-order valence-electron chi connectivity index (χ2n) is 9.60. The second kappa shape index (κ2) is 12.1. The number of methoxy groups -OCH3 is 2. The summed E-state index contributed by atoms with van der Waals surface area (Å²) in [6.45, 7) is 5.19. The maximum Gasteiger partial charge on any atom is 0.412 e. The maximum atomic E-state index is 14.2. The van der Waals surface area contributed by atoms with E-state index in [4.69, 9.17) is 25.8 Å². The van der Waals surface area contributed by atoms with Gasteiger partial charge in [-0.15, -0.1) is 0 Å². The molecule has 2 N–H and O–H groups in total. The molecule has 3 rings (SSSR count). The van der Waals surface area contributed by atoms with Crippen molar-refractivity contribution in [1.29, 1.82) is 0 Å². The van der Waals surface area contributed by atoms with Crippen molar-refractivity contribution >= 4 is 35.1 Å². The number of ketones is 1. The van der Waals surface area contributed by atoms with Gasteiger partial charge in [-0.3, -0.25) is 10.1 Å². The van der Waals surface area contributed by atoms with Gasteiger partial charge in [0, 0.05) is 22.7 Å². The number of Topliss-reactive ketones (excluding diaryl/α,β-unsaturated/α-hetero) is 1. The van der Waals surface area contributed by atoms with Gasteiger partial charge in [-0.25, -0.2) is 14.0 Å². The van der Waals surface area contributed by atoms with Gasteiger partial charge in [-0.1, -0.05) is 29.8 Å². The Bertz CT molecular complexity index is 1260. The Morgan fingerprint density at radius 1 is 1.13 bits per heavy atom. The lowest BCUT2D eigenvalue weighted by atomic mass is 9.84. The number of benzene rings is 2. The highest BCUT2D eigenvalue weighted by molar-refractivity contribution is 6.31. The minimum atomic E-state index is -0.900. The van der Waals surface area contributed by atoms with Gasteiger partial charge < -0.3 is 19.5 Å². The molecular weight excluding hydrogens is 515 g/mol. The Balaban J connectivity index is 2.06. The van der Waals surface area contributed by atoms with Crippen LogP contribution in [0.25, 0.3) is 0 Å². The molecule has 0 aromatic heterocycles. The van der Waals surface area contributed by atoms with Crippen LogP contribution in [-0.2, 0) is 14.3 Å². The molecule has 1 aliphatic rings. The van der Waals surface area contributed by atoms with E-state index in [1.54, 1.807) is 57.2 Å². The van der Waals surface area contributed by atoms with Crippen molar-refractivity contribution in [2.45, 2.75) is 44.8 Å². The molecule has 10 heteroatoms. The number of nitrogens with one attached hydrogen (secondary N) is 2. The van der Waals surface area contributed by atoms with Crippen LogP contribution < -0.4 is 15.4 Å². The van der Waals surface area contributed by atoms with Gasteiger partial charge in [0.2, 0.25) is 0 Å². The summed E-state index contributed by atoms with van der Waals surface area (Å²) in [5.41, 5.74) is 0.239. The summed E-state index contributed by atoms with van der Waals surface area (Å²) < 4.78 is 29.7. The first kappa shape index (κ1) is 28.7. The highest BCUT2D eigenvalue weighted by Crippen LogP contribution is 2.35. The largest absolute Gasteiger partial charge is 0.497 e. The van der Waals surface area contributed by atoms with E-state index < -0.39 is 41.2 Å². The van der Waals surface area contributed by atoms with E-state index in [9.17, 15) is 18.8 Å². The van der Waals surface area contributed by atoms with Crippen LogP contribution in [0.2, 0.25) is 5.02 Å². The average Bonchev–Trinajstić information content (AvgIpc) is 2.85. The summed E-state index contributed by atoms with van der Waals surface area (Å²) in [6, 6.07) is 8.00. The van der Waals surface area contributed by atoms with Gasteiger partial charge >= 0.3 is 12.1 Å². The lowest BCUT2D eigenvalue weighted by Gasteiger charge is -2.27. The zero-order chi connectivity index (χ0) is 28.0. The normalized spacial score (nSPS) is 15.6. The van der Waals surface area contributed by atoms with Crippen LogP contribution in [0.1, 0.15) is 49.0 Å². The molecule has 2 aromatic carbocycles.